The molecule has 1 aromatic rings. The Morgan fingerprint density at radius 2 is 1.75 bits per heavy atom. The van der Waals surface area contributed by atoms with Gasteiger partial charge in [0.1, 0.15) is 0 Å². The van der Waals surface area contributed by atoms with Crippen LogP contribution in [-0.2, 0) is 12.8 Å². The first-order chi connectivity index (χ1) is 5.70. The third-order valence-corrected chi connectivity index (χ3v) is 2.09. The normalized spacial score (nSPS) is 10.2. The fourth-order valence-electron chi connectivity index (χ4n) is 1.39. The molecule has 0 unspecified atom stereocenters. The van der Waals surface area contributed by atoms with Gasteiger partial charge in [-0.25, -0.2) is 0 Å². The first-order valence-corrected chi connectivity index (χ1v) is 4.23. The number of hydrogen-bond donors (Lipinski definition) is 2. The lowest BCUT2D eigenvalue weighted by molar-refractivity contribution is 0.399. The van der Waals surface area contributed by atoms with Gasteiger partial charge in [0.15, 0.2) is 11.5 Å². The second-order valence-electron chi connectivity index (χ2n) is 2.78. The van der Waals surface area contributed by atoms with Crippen molar-refractivity contribution in [1.29, 1.82) is 0 Å². The third-order valence-electron chi connectivity index (χ3n) is 2.09. The highest BCUT2D eigenvalue weighted by atomic mass is 16.3. The van der Waals surface area contributed by atoms with Gasteiger partial charge in [-0.1, -0.05) is 19.9 Å². The summed E-state index contributed by atoms with van der Waals surface area (Å²) in [7, 11) is 0. The molecule has 12 heavy (non-hydrogen) atoms. The van der Waals surface area contributed by atoms with Gasteiger partial charge in [-0.15, -0.1) is 0 Å². The van der Waals surface area contributed by atoms with E-state index in [0.717, 1.165) is 24.0 Å². The number of aromatic hydroxyl groups is 2. The summed E-state index contributed by atoms with van der Waals surface area (Å²) >= 11 is 0. The molecule has 0 fully saturated rings. The Balaban J connectivity index is 3.25. The van der Waals surface area contributed by atoms with Crippen molar-refractivity contribution in [3.8, 4) is 11.5 Å². The molecular formula is C10H14O2. The molecule has 0 aliphatic rings. The topological polar surface area (TPSA) is 40.5 Å². The number of hydrogen-bond acceptors (Lipinski definition) is 2. The molecular weight excluding hydrogens is 152 g/mol. The van der Waals surface area contributed by atoms with Crippen LogP contribution < -0.4 is 0 Å². The smallest absolute Gasteiger partial charge is 0.160 e. The zero-order valence-electron chi connectivity index (χ0n) is 7.46. The molecule has 0 saturated heterocycles. The maximum atomic E-state index is 9.46. The first kappa shape index (κ1) is 8.91. The summed E-state index contributed by atoms with van der Waals surface area (Å²) in [5.74, 6) is 0.0147. The molecule has 0 bridgehead atoms. The Hall–Kier alpha value is -1.18. The minimum atomic E-state index is -0.0240. The number of benzene rings is 1. The van der Waals surface area contributed by atoms with Crippen LogP contribution in [0.5, 0.6) is 11.5 Å². The van der Waals surface area contributed by atoms with Crippen LogP contribution in [0.15, 0.2) is 12.1 Å². The van der Waals surface area contributed by atoms with Gasteiger partial charge in [0.25, 0.3) is 0 Å². The maximum Gasteiger partial charge on any atom is 0.160 e. The summed E-state index contributed by atoms with van der Waals surface area (Å²) < 4.78 is 0. The summed E-state index contributed by atoms with van der Waals surface area (Å²) in [6.45, 7) is 4.00. The van der Waals surface area contributed by atoms with Crippen LogP contribution in [-0.4, -0.2) is 10.2 Å². The van der Waals surface area contributed by atoms with Crippen molar-refractivity contribution in [3.63, 3.8) is 0 Å². The monoisotopic (exact) mass is 166 g/mol. The van der Waals surface area contributed by atoms with Gasteiger partial charge in [0, 0.05) is 5.56 Å². The standard InChI is InChI=1S/C10H14O2/c1-3-7-5-6-9(11)10(12)8(7)4-2/h5-6,11-12H,3-4H2,1-2H3. The molecule has 0 spiro atoms. The van der Waals surface area contributed by atoms with Crippen molar-refractivity contribution in [2.75, 3.05) is 0 Å². The van der Waals surface area contributed by atoms with Crippen molar-refractivity contribution in [2.45, 2.75) is 26.7 Å². The van der Waals surface area contributed by atoms with Crippen molar-refractivity contribution >= 4 is 0 Å². The fraction of sp³-hybridized carbons (Fsp3) is 0.400. The van der Waals surface area contributed by atoms with Crippen LogP contribution >= 0.6 is 0 Å². The van der Waals surface area contributed by atoms with Crippen molar-refractivity contribution in [1.82, 2.24) is 0 Å². The fourth-order valence-corrected chi connectivity index (χ4v) is 1.39. The molecule has 0 heterocycles. The molecule has 0 amide bonds. The Kier molecular flexibility index (Phi) is 2.58. The van der Waals surface area contributed by atoms with Gasteiger partial charge in [-0.05, 0) is 24.5 Å². The molecule has 66 valence electrons. The molecule has 0 aliphatic heterocycles. The van der Waals surface area contributed by atoms with E-state index >= 15 is 0 Å². The van der Waals surface area contributed by atoms with E-state index in [1.807, 2.05) is 19.9 Å². The summed E-state index contributed by atoms with van der Waals surface area (Å²) in [4.78, 5) is 0. The number of phenols is 2. The van der Waals surface area contributed by atoms with E-state index in [2.05, 4.69) is 0 Å². The van der Waals surface area contributed by atoms with Crippen LogP contribution in [0.1, 0.15) is 25.0 Å². The third kappa shape index (κ3) is 1.37. The molecule has 2 N–H and O–H groups in total. The lowest BCUT2D eigenvalue weighted by Gasteiger charge is -2.08. The minimum Gasteiger partial charge on any atom is -0.504 e. The molecule has 2 heteroatoms. The van der Waals surface area contributed by atoms with Crippen LogP contribution in [0.4, 0.5) is 0 Å². The lowest BCUT2D eigenvalue weighted by atomic mass is 10.0. The highest BCUT2D eigenvalue weighted by Crippen LogP contribution is 2.31. The quantitative estimate of drug-likeness (QED) is 0.661. The molecule has 0 aliphatic carbocycles. The van der Waals surface area contributed by atoms with E-state index in [0.29, 0.717) is 0 Å². The Morgan fingerprint density at radius 1 is 1.08 bits per heavy atom. The largest absolute Gasteiger partial charge is 0.504 e. The second-order valence-corrected chi connectivity index (χ2v) is 2.78. The predicted molar refractivity (Wildman–Crippen MR) is 48.5 cm³/mol. The summed E-state index contributed by atoms with van der Waals surface area (Å²) in [6.07, 6.45) is 1.64. The molecule has 0 aromatic heterocycles. The SMILES string of the molecule is CCc1ccc(O)c(O)c1CC. The van der Waals surface area contributed by atoms with E-state index in [4.69, 9.17) is 0 Å². The van der Waals surface area contributed by atoms with Gasteiger partial charge >= 0.3 is 0 Å². The van der Waals surface area contributed by atoms with E-state index in [1.54, 1.807) is 0 Å². The van der Waals surface area contributed by atoms with Crippen LogP contribution in [0, 0.1) is 0 Å². The Bertz CT molecular complexity index is 279. The van der Waals surface area contributed by atoms with Crippen LogP contribution in [0.25, 0.3) is 0 Å². The van der Waals surface area contributed by atoms with Gasteiger partial charge < -0.3 is 10.2 Å². The number of aryl methyl sites for hydroxylation is 1. The minimum absolute atomic E-state index is 0.0240. The Morgan fingerprint density at radius 3 is 2.25 bits per heavy atom. The van der Waals surface area contributed by atoms with Crippen LogP contribution in [0.3, 0.4) is 0 Å². The maximum absolute atomic E-state index is 9.46. The number of rotatable bonds is 2. The molecule has 1 aromatic carbocycles. The second kappa shape index (κ2) is 3.48. The molecule has 2 nitrogen and oxygen atoms in total. The number of phenolic OH excluding ortho intramolecular Hbond substituents is 2. The molecule has 1 rings (SSSR count). The average molecular weight is 166 g/mol. The summed E-state index contributed by atoms with van der Waals surface area (Å²) in [5.41, 5.74) is 1.96. The van der Waals surface area contributed by atoms with Gasteiger partial charge in [0.2, 0.25) is 0 Å². The van der Waals surface area contributed by atoms with Gasteiger partial charge in [-0.2, -0.15) is 0 Å². The van der Waals surface area contributed by atoms with Gasteiger partial charge in [-0.3, -0.25) is 0 Å². The Labute approximate surface area is 72.5 Å². The summed E-state index contributed by atoms with van der Waals surface area (Å²) in [6, 6.07) is 3.39. The molecule has 0 atom stereocenters. The van der Waals surface area contributed by atoms with E-state index in [9.17, 15) is 10.2 Å². The van der Waals surface area contributed by atoms with E-state index in [-0.39, 0.29) is 11.5 Å². The first-order valence-electron chi connectivity index (χ1n) is 4.23. The highest BCUT2D eigenvalue weighted by molar-refractivity contribution is 5.48. The van der Waals surface area contributed by atoms with Crippen molar-refractivity contribution < 1.29 is 10.2 Å². The van der Waals surface area contributed by atoms with E-state index < -0.39 is 0 Å². The van der Waals surface area contributed by atoms with Crippen LogP contribution in [0.2, 0.25) is 0 Å². The molecule has 0 saturated carbocycles. The zero-order valence-corrected chi connectivity index (χ0v) is 7.46. The van der Waals surface area contributed by atoms with Crippen molar-refractivity contribution in [3.05, 3.63) is 23.3 Å². The van der Waals surface area contributed by atoms with E-state index in [1.165, 1.54) is 6.07 Å². The average Bonchev–Trinajstić information content (AvgIpc) is 2.09. The predicted octanol–water partition coefficient (Wildman–Crippen LogP) is 2.22. The van der Waals surface area contributed by atoms with Crippen molar-refractivity contribution in [2.24, 2.45) is 0 Å². The van der Waals surface area contributed by atoms with Gasteiger partial charge in [0.05, 0.1) is 0 Å². The zero-order chi connectivity index (χ0) is 9.14. The lowest BCUT2D eigenvalue weighted by Crippen LogP contribution is -1.91. The summed E-state index contributed by atoms with van der Waals surface area (Å²) in [5, 5.41) is 18.7. The highest BCUT2D eigenvalue weighted by Gasteiger charge is 2.08. The molecule has 0 radical (unpaired) electrons.